The van der Waals surface area contributed by atoms with E-state index in [1.807, 2.05) is 4.90 Å². The first-order chi connectivity index (χ1) is 8.82. The maximum Gasteiger partial charge on any atom is 0.501 e. The number of benzene rings is 1. The third-order valence-corrected chi connectivity index (χ3v) is 4.40. The third kappa shape index (κ3) is 3.36. The van der Waals surface area contributed by atoms with Gasteiger partial charge in [-0.25, -0.2) is 8.42 Å². The fourth-order valence-corrected chi connectivity index (χ4v) is 2.70. The maximum atomic E-state index is 12.5. The summed E-state index contributed by atoms with van der Waals surface area (Å²) in [6.07, 6.45) is 0. The summed E-state index contributed by atoms with van der Waals surface area (Å²) in [5.41, 5.74) is -4.78. The summed E-state index contributed by atoms with van der Waals surface area (Å²) in [7, 11) is -5.28. The molecule has 1 heterocycles. The Hall–Kier alpha value is -0.990. The Bertz CT molecular complexity index is 557. The zero-order valence-corrected chi connectivity index (χ0v) is 12.0. The second-order valence-corrected chi connectivity index (χ2v) is 6.12. The van der Waals surface area contributed by atoms with Gasteiger partial charge in [0.05, 0.1) is 4.90 Å². The predicted molar refractivity (Wildman–Crippen MR) is 72.0 cm³/mol. The van der Waals surface area contributed by atoms with Gasteiger partial charge in [-0.1, -0.05) is 6.07 Å². The number of nitrogens with zero attached hydrogens (tertiary/aromatic N) is 1. The summed E-state index contributed by atoms with van der Waals surface area (Å²) in [5, 5.41) is 3.11. The molecule has 1 N–H and O–H groups in total. The SMILES string of the molecule is Cl.O=S(=O)(c1cccc(N2CCNCC2)c1)C(F)(F)F. The van der Waals surface area contributed by atoms with E-state index in [-0.39, 0.29) is 12.4 Å². The van der Waals surface area contributed by atoms with Crippen LogP contribution in [0.1, 0.15) is 0 Å². The molecule has 4 nitrogen and oxygen atoms in total. The highest BCUT2D eigenvalue weighted by atomic mass is 35.5. The van der Waals surface area contributed by atoms with Crippen molar-refractivity contribution in [2.24, 2.45) is 0 Å². The molecule has 1 fully saturated rings. The summed E-state index contributed by atoms with van der Waals surface area (Å²) in [6, 6.07) is 4.99. The summed E-state index contributed by atoms with van der Waals surface area (Å²) in [4.78, 5) is 1.14. The largest absolute Gasteiger partial charge is 0.501 e. The smallest absolute Gasteiger partial charge is 0.369 e. The molecule has 0 saturated carbocycles. The zero-order chi connectivity index (χ0) is 14.1. The molecule has 0 aromatic heterocycles. The van der Waals surface area contributed by atoms with Crippen molar-refractivity contribution < 1.29 is 21.6 Å². The minimum atomic E-state index is -5.28. The lowest BCUT2D eigenvalue weighted by atomic mass is 10.2. The number of anilines is 1. The number of nitrogens with one attached hydrogen (secondary N) is 1. The van der Waals surface area contributed by atoms with Crippen molar-refractivity contribution in [3.05, 3.63) is 24.3 Å². The van der Waals surface area contributed by atoms with Gasteiger partial charge in [0, 0.05) is 31.9 Å². The van der Waals surface area contributed by atoms with Crippen LogP contribution in [0.3, 0.4) is 0 Å². The van der Waals surface area contributed by atoms with Crippen LogP contribution >= 0.6 is 12.4 Å². The van der Waals surface area contributed by atoms with Gasteiger partial charge in [-0.2, -0.15) is 13.2 Å². The number of sulfone groups is 1. The minimum Gasteiger partial charge on any atom is -0.369 e. The fraction of sp³-hybridized carbons (Fsp3) is 0.455. The molecule has 0 atom stereocenters. The molecule has 0 aliphatic carbocycles. The van der Waals surface area contributed by atoms with Crippen molar-refractivity contribution >= 4 is 27.9 Å². The zero-order valence-electron chi connectivity index (χ0n) is 10.4. The average molecular weight is 331 g/mol. The fourth-order valence-electron chi connectivity index (χ4n) is 1.90. The number of hydrogen-bond donors (Lipinski definition) is 1. The van der Waals surface area contributed by atoms with Gasteiger partial charge < -0.3 is 10.2 Å². The van der Waals surface area contributed by atoms with E-state index in [4.69, 9.17) is 0 Å². The lowest BCUT2D eigenvalue weighted by Crippen LogP contribution is -2.43. The van der Waals surface area contributed by atoms with Gasteiger partial charge in [-0.15, -0.1) is 12.4 Å². The number of alkyl halides is 3. The summed E-state index contributed by atoms with van der Waals surface area (Å²) in [6.45, 7) is 2.71. The van der Waals surface area contributed by atoms with E-state index < -0.39 is 20.2 Å². The van der Waals surface area contributed by atoms with Crippen LogP contribution in [0.15, 0.2) is 29.2 Å². The monoisotopic (exact) mass is 330 g/mol. The standard InChI is InChI=1S/C11H13F3N2O2S.ClH/c12-11(13,14)19(17,18)10-3-1-2-9(8-10)16-6-4-15-5-7-16;/h1-3,8,15H,4-7H2;1H. The number of rotatable bonds is 2. The third-order valence-electron chi connectivity index (χ3n) is 2.91. The van der Waals surface area contributed by atoms with Crippen LogP contribution < -0.4 is 10.2 Å². The molecule has 2 rings (SSSR count). The molecule has 9 heteroatoms. The average Bonchev–Trinajstić information content (AvgIpc) is 2.39. The first kappa shape index (κ1) is 17.1. The lowest BCUT2D eigenvalue weighted by Gasteiger charge is -2.29. The Morgan fingerprint density at radius 2 is 1.75 bits per heavy atom. The van der Waals surface area contributed by atoms with E-state index in [0.29, 0.717) is 18.8 Å². The van der Waals surface area contributed by atoms with Gasteiger partial charge in [-0.3, -0.25) is 0 Å². The Morgan fingerprint density at radius 3 is 2.30 bits per heavy atom. The first-order valence-electron chi connectivity index (χ1n) is 5.69. The minimum absolute atomic E-state index is 0. The number of halogens is 4. The first-order valence-corrected chi connectivity index (χ1v) is 7.18. The molecule has 0 amide bonds. The summed E-state index contributed by atoms with van der Waals surface area (Å²) < 4.78 is 60.1. The van der Waals surface area contributed by atoms with Crippen molar-refractivity contribution in [3.63, 3.8) is 0 Å². The highest BCUT2D eigenvalue weighted by Crippen LogP contribution is 2.31. The normalized spacial score (nSPS) is 16.6. The molecule has 1 aromatic carbocycles. The topological polar surface area (TPSA) is 49.4 Å². The van der Waals surface area contributed by atoms with Crippen LogP contribution in [-0.4, -0.2) is 40.1 Å². The molecule has 0 bridgehead atoms. The van der Waals surface area contributed by atoms with Crippen LogP contribution in [0.5, 0.6) is 0 Å². The second-order valence-electron chi connectivity index (χ2n) is 4.18. The molecule has 1 aliphatic heterocycles. The van der Waals surface area contributed by atoms with Gasteiger partial charge in [0.1, 0.15) is 0 Å². The van der Waals surface area contributed by atoms with Gasteiger partial charge in [-0.05, 0) is 18.2 Å². The Balaban J connectivity index is 0.00000200. The summed E-state index contributed by atoms with van der Waals surface area (Å²) in [5.74, 6) is 0. The molecule has 1 aromatic rings. The second kappa shape index (κ2) is 6.19. The molecule has 114 valence electrons. The molecular weight excluding hydrogens is 317 g/mol. The Labute approximate surface area is 121 Å². The van der Waals surface area contributed by atoms with E-state index in [2.05, 4.69) is 5.32 Å². The van der Waals surface area contributed by atoms with Crippen LogP contribution in [0.2, 0.25) is 0 Å². The maximum absolute atomic E-state index is 12.5. The van der Waals surface area contributed by atoms with Gasteiger partial charge in [0.2, 0.25) is 0 Å². The van der Waals surface area contributed by atoms with Gasteiger partial charge in [0.25, 0.3) is 9.84 Å². The Kier molecular flexibility index (Phi) is 5.28. The molecule has 1 saturated heterocycles. The van der Waals surface area contributed by atoms with Gasteiger partial charge >= 0.3 is 5.51 Å². The lowest BCUT2D eigenvalue weighted by molar-refractivity contribution is -0.0435. The highest BCUT2D eigenvalue weighted by molar-refractivity contribution is 7.92. The molecule has 20 heavy (non-hydrogen) atoms. The van der Waals surface area contributed by atoms with Crippen molar-refractivity contribution in [2.75, 3.05) is 31.1 Å². The molecule has 0 radical (unpaired) electrons. The van der Waals surface area contributed by atoms with Crippen LogP contribution in [-0.2, 0) is 9.84 Å². The summed E-state index contributed by atoms with van der Waals surface area (Å²) >= 11 is 0. The van der Waals surface area contributed by atoms with E-state index in [1.54, 1.807) is 6.07 Å². The van der Waals surface area contributed by atoms with Crippen LogP contribution in [0, 0.1) is 0 Å². The van der Waals surface area contributed by atoms with E-state index in [9.17, 15) is 21.6 Å². The number of hydrogen-bond acceptors (Lipinski definition) is 4. The van der Waals surface area contributed by atoms with E-state index in [0.717, 1.165) is 25.2 Å². The quantitative estimate of drug-likeness (QED) is 0.898. The van der Waals surface area contributed by atoms with Crippen molar-refractivity contribution in [2.45, 2.75) is 10.4 Å². The van der Waals surface area contributed by atoms with Gasteiger partial charge in [0.15, 0.2) is 0 Å². The Morgan fingerprint density at radius 1 is 1.15 bits per heavy atom. The van der Waals surface area contributed by atoms with Crippen LogP contribution in [0.25, 0.3) is 0 Å². The van der Waals surface area contributed by atoms with Crippen LogP contribution in [0.4, 0.5) is 18.9 Å². The van der Waals surface area contributed by atoms with Crippen molar-refractivity contribution in [3.8, 4) is 0 Å². The molecular formula is C11H14ClF3N2O2S. The van der Waals surface area contributed by atoms with E-state index in [1.165, 1.54) is 6.07 Å². The van der Waals surface area contributed by atoms with E-state index >= 15 is 0 Å². The predicted octanol–water partition coefficient (Wildman–Crippen LogP) is 1.81. The highest BCUT2D eigenvalue weighted by Gasteiger charge is 2.46. The van der Waals surface area contributed by atoms with Crippen molar-refractivity contribution in [1.82, 2.24) is 5.32 Å². The number of piperazine rings is 1. The molecule has 0 unspecified atom stereocenters. The molecule has 0 spiro atoms. The van der Waals surface area contributed by atoms with Crippen molar-refractivity contribution in [1.29, 1.82) is 0 Å². The molecule has 1 aliphatic rings.